The van der Waals surface area contributed by atoms with Crippen molar-refractivity contribution in [2.75, 3.05) is 4.72 Å². The first-order chi connectivity index (χ1) is 10.1. The zero-order chi connectivity index (χ0) is 14.9. The summed E-state index contributed by atoms with van der Waals surface area (Å²) in [5.41, 5.74) is 0.840. The lowest BCUT2D eigenvalue weighted by molar-refractivity contribution is 0.601. The lowest BCUT2D eigenvalue weighted by Crippen LogP contribution is -2.14. The third-order valence-corrected chi connectivity index (χ3v) is 4.50. The highest BCUT2D eigenvalue weighted by molar-refractivity contribution is 7.93. The van der Waals surface area contributed by atoms with E-state index in [-0.39, 0.29) is 4.90 Å². The van der Waals surface area contributed by atoms with E-state index in [1.54, 1.807) is 40.9 Å². The van der Waals surface area contributed by atoms with Gasteiger partial charge in [-0.1, -0.05) is 25.1 Å². The molecule has 0 aliphatic carbocycles. The van der Waals surface area contributed by atoms with E-state index in [9.17, 15) is 8.42 Å². The predicted octanol–water partition coefficient (Wildman–Crippen LogP) is 2.09. The van der Waals surface area contributed by atoms with E-state index in [0.717, 1.165) is 5.82 Å². The molecule has 0 saturated heterocycles. The number of anilines is 1. The Bertz CT molecular complexity index is 872. The Balaban J connectivity index is 2.09. The third-order valence-electron chi connectivity index (χ3n) is 3.10. The molecular formula is C14H14N4O2S. The molecule has 0 bridgehead atoms. The summed E-state index contributed by atoms with van der Waals surface area (Å²) in [7, 11) is -3.71. The third kappa shape index (κ3) is 2.47. The summed E-state index contributed by atoms with van der Waals surface area (Å²) in [4.78, 5) is 0.112. The molecule has 1 aromatic carbocycles. The number of hydrogen-bond donors (Lipinski definition) is 1. The molecule has 3 aromatic rings. The van der Waals surface area contributed by atoms with Gasteiger partial charge in [-0.25, -0.2) is 8.42 Å². The van der Waals surface area contributed by atoms with Crippen LogP contribution in [0.2, 0.25) is 0 Å². The van der Waals surface area contributed by atoms with E-state index in [4.69, 9.17) is 0 Å². The lowest BCUT2D eigenvalue weighted by atomic mass is 10.3. The highest BCUT2D eigenvalue weighted by Gasteiger charge is 2.20. The molecule has 108 valence electrons. The van der Waals surface area contributed by atoms with Crippen molar-refractivity contribution in [2.45, 2.75) is 18.2 Å². The minimum atomic E-state index is -3.71. The number of para-hydroxylation sites is 1. The topological polar surface area (TPSA) is 76.4 Å². The number of nitrogens with zero attached hydrogens (tertiary/aromatic N) is 3. The van der Waals surface area contributed by atoms with E-state index >= 15 is 0 Å². The van der Waals surface area contributed by atoms with Gasteiger partial charge < -0.3 is 0 Å². The van der Waals surface area contributed by atoms with Crippen LogP contribution in [0.15, 0.2) is 53.6 Å². The zero-order valence-corrected chi connectivity index (χ0v) is 12.2. The number of rotatable bonds is 4. The number of pyridine rings is 1. The molecule has 7 heteroatoms. The van der Waals surface area contributed by atoms with Crippen molar-refractivity contribution in [3.05, 3.63) is 54.5 Å². The Morgan fingerprint density at radius 2 is 1.86 bits per heavy atom. The summed E-state index contributed by atoms with van der Waals surface area (Å²) in [5.74, 6) is 0.724. The van der Waals surface area contributed by atoms with Gasteiger partial charge in [0.2, 0.25) is 0 Å². The fourth-order valence-corrected chi connectivity index (χ4v) is 3.30. The van der Waals surface area contributed by atoms with E-state index in [0.29, 0.717) is 17.8 Å². The maximum absolute atomic E-state index is 12.5. The first-order valence-corrected chi connectivity index (χ1v) is 8.00. The van der Waals surface area contributed by atoms with Crippen LogP contribution in [0.25, 0.3) is 5.65 Å². The van der Waals surface area contributed by atoms with Crippen molar-refractivity contribution < 1.29 is 8.42 Å². The van der Waals surface area contributed by atoms with Gasteiger partial charge in [-0.05, 0) is 24.3 Å². The fourth-order valence-electron chi connectivity index (χ4n) is 2.11. The molecular weight excluding hydrogens is 288 g/mol. The predicted molar refractivity (Wildman–Crippen MR) is 79.6 cm³/mol. The second-order valence-corrected chi connectivity index (χ2v) is 6.16. The molecule has 0 fully saturated rings. The first-order valence-electron chi connectivity index (χ1n) is 6.52. The lowest BCUT2D eigenvalue weighted by Gasteiger charge is -2.08. The summed E-state index contributed by atoms with van der Waals surface area (Å²) < 4.78 is 29.3. The SMILES string of the molecule is CCc1nnc2c(S(=O)(=O)Nc3ccccc3)cccn12. The maximum Gasteiger partial charge on any atom is 0.265 e. The van der Waals surface area contributed by atoms with Gasteiger partial charge in [0, 0.05) is 18.3 Å². The van der Waals surface area contributed by atoms with Crippen molar-refractivity contribution in [3.63, 3.8) is 0 Å². The Hall–Kier alpha value is -2.41. The normalized spacial score (nSPS) is 11.7. The second-order valence-electron chi connectivity index (χ2n) is 4.51. The van der Waals surface area contributed by atoms with Crippen molar-refractivity contribution in [3.8, 4) is 0 Å². The Morgan fingerprint density at radius 3 is 2.57 bits per heavy atom. The quantitative estimate of drug-likeness (QED) is 0.800. The minimum Gasteiger partial charge on any atom is -0.285 e. The molecule has 6 nitrogen and oxygen atoms in total. The van der Waals surface area contributed by atoms with Crippen LogP contribution in [0.3, 0.4) is 0 Å². The smallest absolute Gasteiger partial charge is 0.265 e. The summed E-state index contributed by atoms with van der Waals surface area (Å²) in [6, 6.07) is 11.9. The van der Waals surface area contributed by atoms with E-state index in [1.807, 2.05) is 13.0 Å². The summed E-state index contributed by atoms with van der Waals surface area (Å²) >= 11 is 0. The van der Waals surface area contributed by atoms with Crippen LogP contribution in [0, 0.1) is 0 Å². The van der Waals surface area contributed by atoms with Gasteiger partial charge in [-0.3, -0.25) is 9.12 Å². The molecule has 21 heavy (non-hydrogen) atoms. The average Bonchev–Trinajstić information content (AvgIpc) is 2.90. The number of nitrogens with one attached hydrogen (secondary N) is 1. The highest BCUT2D eigenvalue weighted by atomic mass is 32.2. The average molecular weight is 302 g/mol. The van der Waals surface area contributed by atoms with E-state index < -0.39 is 10.0 Å². The summed E-state index contributed by atoms with van der Waals surface area (Å²) in [6.45, 7) is 1.94. The molecule has 1 N–H and O–H groups in total. The zero-order valence-electron chi connectivity index (χ0n) is 11.4. The van der Waals surface area contributed by atoms with E-state index in [1.165, 1.54) is 6.07 Å². The van der Waals surface area contributed by atoms with Gasteiger partial charge in [0.15, 0.2) is 5.65 Å². The fraction of sp³-hybridized carbons (Fsp3) is 0.143. The van der Waals surface area contributed by atoms with Crippen molar-refractivity contribution in [2.24, 2.45) is 0 Å². The number of sulfonamides is 1. The molecule has 2 heterocycles. The van der Waals surface area contributed by atoms with Crippen LogP contribution in [0.4, 0.5) is 5.69 Å². The molecule has 0 amide bonds. The molecule has 0 aliphatic heterocycles. The molecule has 0 saturated carbocycles. The molecule has 0 atom stereocenters. The van der Waals surface area contributed by atoms with Gasteiger partial charge >= 0.3 is 0 Å². The number of aromatic nitrogens is 3. The van der Waals surface area contributed by atoms with Gasteiger partial charge in [-0.2, -0.15) is 0 Å². The van der Waals surface area contributed by atoms with Gasteiger partial charge in [0.05, 0.1) is 0 Å². The molecule has 3 rings (SSSR count). The molecule has 2 aromatic heterocycles. The van der Waals surface area contributed by atoms with Crippen LogP contribution in [-0.4, -0.2) is 23.0 Å². The summed E-state index contributed by atoms with van der Waals surface area (Å²) in [5, 5.41) is 8.01. The molecule has 0 spiro atoms. The number of aryl methyl sites for hydroxylation is 1. The number of fused-ring (bicyclic) bond motifs is 1. The Morgan fingerprint density at radius 1 is 1.10 bits per heavy atom. The monoisotopic (exact) mass is 302 g/mol. The first kappa shape index (κ1) is 13.6. The van der Waals surface area contributed by atoms with Gasteiger partial charge in [0.1, 0.15) is 10.7 Å². The Kier molecular flexibility index (Phi) is 3.34. The minimum absolute atomic E-state index is 0.112. The van der Waals surface area contributed by atoms with Gasteiger partial charge in [0.25, 0.3) is 10.0 Å². The van der Waals surface area contributed by atoms with Crippen molar-refractivity contribution >= 4 is 21.4 Å². The number of benzene rings is 1. The Labute approximate surface area is 122 Å². The van der Waals surface area contributed by atoms with Crippen LogP contribution in [0.1, 0.15) is 12.7 Å². The molecule has 0 radical (unpaired) electrons. The van der Waals surface area contributed by atoms with Gasteiger partial charge in [-0.15, -0.1) is 10.2 Å². The highest BCUT2D eigenvalue weighted by Crippen LogP contribution is 2.19. The van der Waals surface area contributed by atoms with Crippen LogP contribution < -0.4 is 4.72 Å². The standard InChI is InChI=1S/C14H14N4O2S/c1-2-13-15-16-14-12(9-6-10-18(13)14)21(19,20)17-11-7-4-3-5-8-11/h3-10,17H,2H2,1H3. The van der Waals surface area contributed by atoms with Crippen LogP contribution >= 0.6 is 0 Å². The van der Waals surface area contributed by atoms with Crippen molar-refractivity contribution in [1.82, 2.24) is 14.6 Å². The van der Waals surface area contributed by atoms with Crippen LogP contribution in [0.5, 0.6) is 0 Å². The second kappa shape index (κ2) is 5.17. The summed E-state index contributed by atoms with van der Waals surface area (Å²) in [6.07, 6.45) is 2.44. The van der Waals surface area contributed by atoms with Crippen molar-refractivity contribution in [1.29, 1.82) is 0 Å². The maximum atomic E-state index is 12.5. The van der Waals surface area contributed by atoms with Crippen LogP contribution in [-0.2, 0) is 16.4 Å². The van der Waals surface area contributed by atoms with E-state index in [2.05, 4.69) is 14.9 Å². The molecule has 0 aliphatic rings. The number of hydrogen-bond acceptors (Lipinski definition) is 4. The largest absolute Gasteiger partial charge is 0.285 e. The molecule has 0 unspecified atom stereocenters.